The quantitative estimate of drug-likeness (QED) is 0.425. The van der Waals surface area contributed by atoms with Crippen LogP contribution in [0.25, 0.3) is 0 Å². The van der Waals surface area contributed by atoms with Crippen LogP contribution < -0.4 is 4.90 Å². The van der Waals surface area contributed by atoms with E-state index in [-0.39, 0.29) is 16.7 Å². The number of aromatic amines is 1. The largest absolute Gasteiger partial charge is 0.369 e. The van der Waals surface area contributed by atoms with Crippen molar-refractivity contribution in [3.8, 4) is 0 Å². The molecule has 1 aromatic heterocycles. The number of non-ortho nitro benzene ring substituents is 1. The van der Waals surface area contributed by atoms with Crippen molar-refractivity contribution in [1.29, 1.82) is 0 Å². The first kappa shape index (κ1) is 20.1. The van der Waals surface area contributed by atoms with E-state index in [0.29, 0.717) is 6.61 Å². The molecule has 7 nitrogen and oxygen atoms in total. The molecule has 2 aromatic rings. The van der Waals surface area contributed by atoms with E-state index in [1.54, 1.807) is 12.1 Å². The van der Waals surface area contributed by atoms with E-state index in [1.165, 1.54) is 12.1 Å². The van der Waals surface area contributed by atoms with Gasteiger partial charge in [0.25, 0.3) is 5.69 Å². The van der Waals surface area contributed by atoms with Gasteiger partial charge in [-0.1, -0.05) is 19.6 Å². The maximum atomic E-state index is 10.9. The van der Waals surface area contributed by atoms with Crippen molar-refractivity contribution in [2.24, 2.45) is 0 Å². The molecular formula is C18H28N4O3Si. The SMILES string of the molecule is Cc1[nH]nc(N(C)C)c1C(OCC[Si](C)(C)C)c1ccc([N+](=O)[O-])cc1. The summed E-state index contributed by atoms with van der Waals surface area (Å²) in [6, 6.07) is 7.63. The number of aromatic nitrogens is 2. The van der Waals surface area contributed by atoms with Gasteiger partial charge in [0.2, 0.25) is 0 Å². The Kier molecular flexibility index (Phi) is 6.20. The molecule has 0 spiro atoms. The van der Waals surface area contributed by atoms with E-state index in [9.17, 15) is 10.1 Å². The molecule has 26 heavy (non-hydrogen) atoms. The minimum Gasteiger partial charge on any atom is -0.369 e. The third kappa shape index (κ3) is 4.92. The number of nitro groups is 1. The molecule has 0 amide bonds. The standard InChI is InChI=1S/C18H28N4O3Si/c1-13-16(18(20-19-13)21(2)3)17(25-11-12-26(4,5)6)14-7-9-15(10-8-14)22(23)24/h7-10,17H,11-12H2,1-6H3,(H,19,20). The Labute approximate surface area is 155 Å². The number of H-pyrrole nitrogens is 1. The maximum Gasteiger partial charge on any atom is 0.269 e. The highest BCUT2D eigenvalue weighted by atomic mass is 28.3. The van der Waals surface area contributed by atoms with Crippen molar-refractivity contribution < 1.29 is 9.66 Å². The predicted octanol–water partition coefficient (Wildman–Crippen LogP) is 4.14. The Bertz CT molecular complexity index is 751. The summed E-state index contributed by atoms with van der Waals surface area (Å²) in [6.45, 7) is 9.55. The highest BCUT2D eigenvalue weighted by molar-refractivity contribution is 6.76. The van der Waals surface area contributed by atoms with Crippen molar-refractivity contribution in [2.75, 3.05) is 25.6 Å². The van der Waals surface area contributed by atoms with E-state index in [0.717, 1.165) is 28.7 Å². The number of benzene rings is 1. The summed E-state index contributed by atoms with van der Waals surface area (Å²) in [5.74, 6) is 0.818. The van der Waals surface area contributed by atoms with Crippen LogP contribution in [0.2, 0.25) is 25.7 Å². The van der Waals surface area contributed by atoms with Gasteiger partial charge in [-0.05, 0) is 30.7 Å². The molecule has 1 atom stereocenters. The molecule has 2 rings (SSSR count). The second kappa shape index (κ2) is 8.01. The Balaban J connectivity index is 2.39. The Morgan fingerprint density at radius 3 is 2.38 bits per heavy atom. The van der Waals surface area contributed by atoms with Crippen LogP contribution in [0, 0.1) is 17.0 Å². The molecular weight excluding hydrogens is 348 g/mol. The highest BCUT2D eigenvalue weighted by Crippen LogP contribution is 2.35. The fourth-order valence-electron chi connectivity index (χ4n) is 2.68. The van der Waals surface area contributed by atoms with Crippen molar-refractivity contribution in [3.05, 3.63) is 51.2 Å². The van der Waals surface area contributed by atoms with Gasteiger partial charge in [0.05, 0.1) is 10.5 Å². The monoisotopic (exact) mass is 376 g/mol. The second-order valence-electron chi connectivity index (χ2n) is 7.89. The third-order valence-corrected chi connectivity index (χ3v) is 5.91. The normalized spacial score (nSPS) is 12.8. The summed E-state index contributed by atoms with van der Waals surface area (Å²) in [5.41, 5.74) is 2.87. The van der Waals surface area contributed by atoms with Crippen LogP contribution >= 0.6 is 0 Å². The van der Waals surface area contributed by atoms with E-state index < -0.39 is 8.07 Å². The highest BCUT2D eigenvalue weighted by Gasteiger charge is 2.26. The minimum absolute atomic E-state index is 0.0753. The van der Waals surface area contributed by atoms with Gasteiger partial charge in [0.15, 0.2) is 5.82 Å². The zero-order chi connectivity index (χ0) is 19.5. The maximum absolute atomic E-state index is 10.9. The lowest BCUT2D eigenvalue weighted by Gasteiger charge is -2.23. The fourth-order valence-corrected chi connectivity index (χ4v) is 3.41. The summed E-state index contributed by atoms with van der Waals surface area (Å²) in [6.07, 6.45) is -0.316. The smallest absolute Gasteiger partial charge is 0.269 e. The van der Waals surface area contributed by atoms with E-state index in [4.69, 9.17) is 4.74 Å². The first-order valence-corrected chi connectivity index (χ1v) is 12.4. The average Bonchev–Trinajstić information content (AvgIpc) is 2.92. The Morgan fingerprint density at radius 1 is 1.27 bits per heavy atom. The van der Waals surface area contributed by atoms with Gasteiger partial charge in [0.1, 0.15) is 6.10 Å². The molecule has 0 bridgehead atoms. The number of aryl methyl sites for hydroxylation is 1. The molecule has 0 fully saturated rings. The number of hydrogen-bond donors (Lipinski definition) is 1. The molecule has 1 N–H and O–H groups in total. The molecule has 0 aliphatic carbocycles. The van der Waals surface area contributed by atoms with Gasteiger partial charge >= 0.3 is 0 Å². The predicted molar refractivity (Wildman–Crippen MR) is 107 cm³/mol. The number of nitro benzene ring substituents is 1. The molecule has 8 heteroatoms. The van der Waals surface area contributed by atoms with Gasteiger partial charge in [-0.2, -0.15) is 5.10 Å². The molecule has 0 saturated carbocycles. The minimum atomic E-state index is -1.23. The van der Waals surface area contributed by atoms with Gasteiger partial charge in [0, 0.05) is 46.6 Å². The molecule has 1 aromatic carbocycles. The van der Waals surface area contributed by atoms with Crippen molar-refractivity contribution in [1.82, 2.24) is 10.2 Å². The van der Waals surface area contributed by atoms with Gasteiger partial charge in [-0.25, -0.2) is 0 Å². The van der Waals surface area contributed by atoms with Crippen LogP contribution in [0.5, 0.6) is 0 Å². The third-order valence-electron chi connectivity index (χ3n) is 4.20. The lowest BCUT2D eigenvalue weighted by atomic mass is 10.0. The zero-order valence-corrected chi connectivity index (χ0v) is 17.4. The van der Waals surface area contributed by atoms with Crippen LogP contribution in [-0.4, -0.2) is 43.9 Å². The molecule has 142 valence electrons. The van der Waals surface area contributed by atoms with Crippen LogP contribution in [-0.2, 0) is 4.74 Å². The number of nitrogens with zero attached hydrogens (tertiary/aromatic N) is 3. The number of ether oxygens (including phenoxy) is 1. The van der Waals surface area contributed by atoms with Crippen LogP contribution in [0.15, 0.2) is 24.3 Å². The Hall–Kier alpha value is -2.19. The van der Waals surface area contributed by atoms with E-state index in [1.807, 2.05) is 25.9 Å². The lowest BCUT2D eigenvalue weighted by Crippen LogP contribution is -2.23. The Morgan fingerprint density at radius 2 is 1.88 bits per heavy atom. The average molecular weight is 377 g/mol. The summed E-state index contributed by atoms with van der Waals surface area (Å²) in [4.78, 5) is 12.5. The summed E-state index contributed by atoms with van der Waals surface area (Å²) in [7, 11) is 2.65. The van der Waals surface area contributed by atoms with Gasteiger partial charge in [-0.3, -0.25) is 15.2 Å². The first-order chi connectivity index (χ1) is 12.1. The van der Waals surface area contributed by atoms with Crippen molar-refractivity contribution in [2.45, 2.75) is 38.7 Å². The zero-order valence-electron chi connectivity index (χ0n) is 16.4. The molecule has 0 aliphatic rings. The number of hydrogen-bond acceptors (Lipinski definition) is 5. The summed E-state index contributed by atoms with van der Waals surface area (Å²) >= 11 is 0. The van der Waals surface area contributed by atoms with Crippen LogP contribution in [0.4, 0.5) is 11.5 Å². The van der Waals surface area contributed by atoms with Crippen LogP contribution in [0.1, 0.15) is 22.9 Å². The van der Waals surface area contributed by atoms with Gasteiger partial charge in [-0.15, -0.1) is 0 Å². The lowest BCUT2D eigenvalue weighted by molar-refractivity contribution is -0.384. The van der Waals surface area contributed by atoms with Crippen molar-refractivity contribution in [3.63, 3.8) is 0 Å². The summed E-state index contributed by atoms with van der Waals surface area (Å²) in [5, 5.41) is 18.4. The molecule has 0 aliphatic heterocycles. The molecule has 1 unspecified atom stereocenters. The number of anilines is 1. The fraction of sp³-hybridized carbons (Fsp3) is 0.500. The van der Waals surface area contributed by atoms with Gasteiger partial charge < -0.3 is 9.64 Å². The van der Waals surface area contributed by atoms with Crippen molar-refractivity contribution >= 4 is 19.6 Å². The topological polar surface area (TPSA) is 84.3 Å². The van der Waals surface area contributed by atoms with E-state index >= 15 is 0 Å². The second-order valence-corrected chi connectivity index (χ2v) is 13.5. The molecule has 0 radical (unpaired) electrons. The first-order valence-electron chi connectivity index (χ1n) is 8.68. The number of nitrogens with one attached hydrogen (secondary N) is 1. The molecule has 1 heterocycles. The summed E-state index contributed by atoms with van der Waals surface area (Å²) < 4.78 is 6.30. The van der Waals surface area contributed by atoms with Crippen LogP contribution in [0.3, 0.4) is 0 Å². The number of rotatable bonds is 8. The molecule has 0 saturated heterocycles. The van der Waals surface area contributed by atoms with E-state index in [2.05, 4.69) is 29.8 Å².